The van der Waals surface area contributed by atoms with Crippen molar-refractivity contribution in [3.63, 3.8) is 0 Å². The summed E-state index contributed by atoms with van der Waals surface area (Å²) in [6, 6.07) is 11.4. The summed E-state index contributed by atoms with van der Waals surface area (Å²) in [5.41, 5.74) is 1.99. The van der Waals surface area contributed by atoms with Crippen LogP contribution in [-0.4, -0.2) is 56.2 Å². The van der Waals surface area contributed by atoms with Crippen LogP contribution >= 0.6 is 11.6 Å². The Labute approximate surface area is 154 Å². The first kappa shape index (κ1) is 18.2. The van der Waals surface area contributed by atoms with Gasteiger partial charge >= 0.3 is 0 Å². The number of ether oxygens (including phenoxy) is 1. The van der Waals surface area contributed by atoms with Crippen LogP contribution in [0.15, 0.2) is 30.3 Å². The molecule has 1 aliphatic heterocycles. The summed E-state index contributed by atoms with van der Waals surface area (Å²) in [4.78, 5) is 4.72. The lowest BCUT2D eigenvalue weighted by molar-refractivity contribution is 0.134. The van der Waals surface area contributed by atoms with E-state index in [1.807, 2.05) is 19.1 Å². The molecule has 0 bridgehead atoms. The molecule has 0 spiro atoms. The van der Waals surface area contributed by atoms with Gasteiger partial charge in [-0.05, 0) is 43.3 Å². The molecule has 25 heavy (non-hydrogen) atoms. The molecule has 0 atom stereocenters. The maximum atomic E-state index is 14.0. The first-order valence-corrected chi connectivity index (χ1v) is 8.93. The molecule has 3 nitrogen and oxygen atoms in total. The van der Waals surface area contributed by atoms with E-state index >= 15 is 0 Å². The van der Waals surface area contributed by atoms with Crippen LogP contribution < -0.4 is 4.74 Å². The van der Waals surface area contributed by atoms with Gasteiger partial charge in [0.2, 0.25) is 0 Å². The minimum absolute atomic E-state index is 0.301. The third-order valence-corrected chi connectivity index (χ3v) is 5.16. The number of rotatable bonds is 5. The Hall–Kier alpha value is -1.62. The molecular weight excluding hydrogens is 339 g/mol. The molecule has 5 heteroatoms. The second-order valence-electron chi connectivity index (χ2n) is 6.44. The van der Waals surface area contributed by atoms with Gasteiger partial charge in [-0.15, -0.1) is 0 Å². The Bertz CT molecular complexity index is 730. The molecule has 2 aromatic rings. The summed E-state index contributed by atoms with van der Waals surface area (Å²) in [5, 5.41) is 0.535. The van der Waals surface area contributed by atoms with Crippen molar-refractivity contribution in [1.82, 2.24) is 9.80 Å². The number of likely N-dealkylation sites (N-methyl/N-ethyl adjacent to an activating group) is 1. The summed E-state index contributed by atoms with van der Waals surface area (Å²) in [6.07, 6.45) is 0. The molecule has 1 radical (unpaired) electrons. The predicted octanol–water partition coefficient (Wildman–Crippen LogP) is 3.88. The fourth-order valence-electron chi connectivity index (χ4n) is 3.02. The molecule has 0 aromatic heterocycles. The van der Waals surface area contributed by atoms with Crippen molar-refractivity contribution in [3.8, 4) is 16.9 Å². The fraction of sp³-hybridized carbons (Fsp3) is 0.400. The Balaban J connectivity index is 1.65. The lowest BCUT2D eigenvalue weighted by Crippen LogP contribution is -2.45. The van der Waals surface area contributed by atoms with Crippen molar-refractivity contribution in [3.05, 3.63) is 52.8 Å². The number of halogens is 2. The van der Waals surface area contributed by atoms with Gasteiger partial charge in [0.05, 0.1) is 5.02 Å². The highest BCUT2D eigenvalue weighted by molar-refractivity contribution is 6.33. The number of hydrogen-bond acceptors (Lipinski definition) is 3. The summed E-state index contributed by atoms with van der Waals surface area (Å²) in [5.74, 6) is 0.346. The maximum absolute atomic E-state index is 14.0. The van der Waals surface area contributed by atoms with E-state index in [4.69, 9.17) is 16.3 Å². The van der Waals surface area contributed by atoms with E-state index in [2.05, 4.69) is 22.9 Å². The van der Waals surface area contributed by atoms with Crippen molar-refractivity contribution in [2.45, 2.75) is 6.92 Å². The van der Waals surface area contributed by atoms with Crippen LogP contribution in [0.1, 0.15) is 5.56 Å². The molecular formula is C20H23ClFN2O. The van der Waals surface area contributed by atoms with Crippen molar-refractivity contribution in [1.29, 1.82) is 0 Å². The van der Waals surface area contributed by atoms with Gasteiger partial charge in [0.25, 0.3) is 0 Å². The smallest absolute Gasteiger partial charge is 0.138 e. The molecule has 133 valence electrons. The highest BCUT2D eigenvalue weighted by Gasteiger charge is 2.15. The molecule has 1 heterocycles. The molecule has 1 aliphatic rings. The van der Waals surface area contributed by atoms with E-state index in [1.165, 1.54) is 6.07 Å². The molecule has 0 unspecified atom stereocenters. The minimum atomic E-state index is -0.301. The highest BCUT2D eigenvalue weighted by Crippen LogP contribution is 2.36. The monoisotopic (exact) mass is 361 g/mol. The third-order valence-electron chi connectivity index (χ3n) is 4.69. The van der Waals surface area contributed by atoms with Crippen LogP contribution in [0.25, 0.3) is 11.1 Å². The standard InChI is InChI=1S/C20H23ClFN2O/c1-15-16(17-5-3-4-6-18(17)22)7-8-19(20(15)21)25-14-13-24-11-9-23(2)10-12-24/h3-4,6-8H,9-14H2,1-2H3. The van der Waals surface area contributed by atoms with E-state index in [0.717, 1.165) is 43.9 Å². The molecule has 1 fully saturated rings. The van der Waals surface area contributed by atoms with E-state index in [9.17, 15) is 4.39 Å². The molecule has 2 aromatic carbocycles. The highest BCUT2D eigenvalue weighted by atomic mass is 35.5. The zero-order valence-electron chi connectivity index (χ0n) is 14.7. The van der Waals surface area contributed by atoms with Gasteiger partial charge in [-0.3, -0.25) is 4.90 Å². The molecule has 0 saturated carbocycles. The van der Waals surface area contributed by atoms with Crippen LogP contribution in [0.5, 0.6) is 5.75 Å². The van der Waals surface area contributed by atoms with Crippen LogP contribution in [-0.2, 0) is 0 Å². The average molecular weight is 362 g/mol. The third kappa shape index (κ3) is 4.32. The second kappa shape index (κ2) is 8.17. The number of piperazine rings is 1. The molecule has 3 rings (SSSR count). The second-order valence-corrected chi connectivity index (χ2v) is 6.81. The van der Waals surface area contributed by atoms with Crippen LogP contribution in [0, 0.1) is 18.8 Å². The Morgan fingerprint density at radius 2 is 1.96 bits per heavy atom. The minimum Gasteiger partial charge on any atom is -0.491 e. The Kier molecular flexibility index (Phi) is 5.94. The summed E-state index contributed by atoms with van der Waals surface area (Å²) in [7, 11) is 2.14. The van der Waals surface area contributed by atoms with Gasteiger partial charge in [-0.1, -0.05) is 29.8 Å². The Morgan fingerprint density at radius 3 is 2.68 bits per heavy atom. The summed E-state index contributed by atoms with van der Waals surface area (Å²) in [6.45, 7) is 7.66. The fourth-order valence-corrected chi connectivity index (χ4v) is 3.24. The van der Waals surface area contributed by atoms with Crippen molar-refractivity contribution in [2.24, 2.45) is 0 Å². The lowest BCUT2D eigenvalue weighted by Gasteiger charge is -2.32. The van der Waals surface area contributed by atoms with Crippen LogP contribution in [0.4, 0.5) is 4.39 Å². The summed E-state index contributed by atoms with van der Waals surface area (Å²) >= 11 is 6.46. The Morgan fingerprint density at radius 1 is 1.20 bits per heavy atom. The molecule has 1 saturated heterocycles. The van der Waals surface area contributed by atoms with Gasteiger partial charge < -0.3 is 9.64 Å². The topological polar surface area (TPSA) is 15.7 Å². The normalized spacial score (nSPS) is 16.2. The molecule has 0 amide bonds. The van der Waals surface area contributed by atoms with Crippen molar-refractivity contribution < 1.29 is 9.13 Å². The van der Waals surface area contributed by atoms with Crippen molar-refractivity contribution in [2.75, 3.05) is 46.4 Å². The quantitative estimate of drug-likeness (QED) is 0.803. The lowest BCUT2D eigenvalue weighted by atomic mass is 10.00. The molecule has 0 aliphatic carbocycles. The van der Waals surface area contributed by atoms with Gasteiger partial charge in [0.1, 0.15) is 18.2 Å². The first-order chi connectivity index (χ1) is 12.1. The zero-order chi connectivity index (χ0) is 17.8. The van der Waals surface area contributed by atoms with Gasteiger partial charge in [0, 0.05) is 38.3 Å². The number of benzene rings is 2. The number of nitrogens with zero attached hydrogens (tertiary/aromatic N) is 2. The zero-order valence-corrected chi connectivity index (χ0v) is 15.4. The predicted molar refractivity (Wildman–Crippen MR) is 99.9 cm³/mol. The van der Waals surface area contributed by atoms with Gasteiger partial charge in [-0.2, -0.15) is 0 Å². The van der Waals surface area contributed by atoms with Gasteiger partial charge in [0.15, 0.2) is 0 Å². The van der Waals surface area contributed by atoms with E-state index in [0.29, 0.717) is 22.9 Å². The van der Waals surface area contributed by atoms with E-state index in [1.54, 1.807) is 12.1 Å². The maximum Gasteiger partial charge on any atom is 0.138 e. The summed E-state index contributed by atoms with van der Waals surface area (Å²) < 4.78 is 19.9. The van der Waals surface area contributed by atoms with Gasteiger partial charge in [-0.25, -0.2) is 4.39 Å². The van der Waals surface area contributed by atoms with Crippen molar-refractivity contribution >= 4 is 11.6 Å². The first-order valence-electron chi connectivity index (χ1n) is 8.55. The molecule has 0 N–H and O–H groups in total. The number of hydrogen-bond donors (Lipinski definition) is 0. The largest absolute Gasteiger partial charge is 0.491 e. The van der Waals surface area contributed by atoms with E-state index in [-0.39, 0.29) is 5.82 Å². The van der Waals surface area contributed by atoms with E-state index < -0.39 is 0 Å². The van der Waals surface area contributed by atoms with Crippen LogP contribution in [0.3, 0.4) is 0 Å². The average Bonchev–Trinajstić information content (AvgIpc) is 2.61. The van der Waals surface area contributed by atoms with Crippen LogP contribution in [0.2, 0.25) is 5.02 Å². The SMILES string of the molecule is Cc1c(-c2[c]cccc2F)ccc(OCCN2CCN(C)CC2)c1Cl.